The summed E-state index contributed by atoms with van der Waals surface area (Å²) in [5.41, 5.74) is 1.97. The lowest BCUT2D eigenvalue weighted by Gasteiger charge is -2.34. The molecule has 1 N–H and O–H groups in total. The summed E-state index contributed by atoms with van der Waals surface area (Å²) in [5, 5.41) is 2.60. The van der Waals surface area contributed by atoms with E-state index in [-0.39, 0.29) is 25.3 Å². The van der Waals surface area contributed by atoms with E-state index in [2.05, 4.69) is 21.6 Å². The van der Waals surface area contributed by atoms with Gasteiger partial charge in [0.05, 0.1) is 24.2 Å². The molecular weight excluding hydrogens is 406 g/mol. The van der Waals surface area contributed by atoms with E-state index in [0.29, 0.717) is 24.4 Å². The second-order valence-electron chi connectivity index (χ2n) is 7.00. The van der Waals surface area contributed by atoms with Crippen LogP contribution in [0.5, 0.6) is 0 Å². The highest BCUT2D eigenvalue weighted by Gasteiger charge is 2.40. The summed E-state index contributed by atoms with van der Waals surface area (Å²) in [6.45, 7) is 4.05. The molecule has 3 rings (SSSR count). The number of imidazole rings is 1. The molecule has 0 bridgehead atoms. The van der Waals surface area contributed by atoms with Crippen molar-refractivity contribution in [3.05, 3.63) is 54.9 Å². The summed E-state index contributed by atoms with van der Waals surface area (Å²) in [4.78, 5) is 16.1. The van der Waals surface area contributed by atoms with Crippen molar-refractivity contribution >= 4 is 5.91 Å². The van der Waals surface area contributed by atoms with Crippen molar-refractivity contribution in [2.24, 2.45) is 0 Å². The highest BCUT2D eigenvalue weighted by Crippen LogP contribution is 2.32. The second-order valence-corrected chi connectivity index (χ2v) is 7.00. The molecular formula is C20H21F4N3O3. The standard InChI is InChI=1S/C20H21F4N3O3/c1-13(26-19(28)11-29-16-8-17(9-16)30-20(22,23)24)6-7-27-10-18(25-12-27)14-2-4-15(21)5-3-14/h2-5,10,12,16-17H,1,6-9,11H2,(H,26,28)/t16-,17+. The Hall–Kier alpha value is -2.72. The average molecular weight is 427 g/mol. The van der Waals surface area contributed by atoms with E-state index >= 15 is 0 Å². The summed E-state index contributed by atoms with van der Waals surface area (Å²) >= 11 is 0. The first-order valence-corrected chi connectivity index (χ1v) is 9.29. The van der Waals surface area contributed by atoms with Gasteiger partial charge in [0.1, 0.15) is 12.4 Å². The number of ether oxygens (including phenoxy) is 2. The van der Waals surface area contributed by atoms with E-state index in [9.17, 15) is 22.4 Å². The first-order chi connectivity index (χ1) is 14.2. The highest BCUT2D eigenvalue weighted by atomic mass is 19.4. The number of hydrogen-bond acceptors (Lipinski definition) is 4. The van der Waals surface area contributed by atoms with Gasteiger partial charge in [0.25, 0.3) is 0 Å². The van der Waals surface area contributed by atoms with Crippen LogP contribution in [0.1, 0.15) is 19.3 Å². The molecule has 1 saturated carbocycles. The zero-order valence-electron chi connectivity index (χ0n) is 16.0. The number of allylic oxidation sites excluding steroid dienone is 1. The van der Waals surface area contributed by atoms with Crippen molar-refractivity contribution in [1.29, 1.82) is 0 Å². The normalized spacial score (nSPS) is 18.7. The van der Waals surface area contributed by atoms with Crippen molar-refractivity contribution in [2.45, 2.75) is 44.4 Å². The number of alkyl halides is 3. The van der Waals surface area contributed by atoms with Crippen LogP contribution >= 0.6 is 0 Å². The van der Waals surface area contributed by atoms with Crippen LogP contribution in [-0.4, -0.2) is 40.6 Å². The van der Waals surface area contributed by atoms with Crippen LogP contribution in [0, 0.1) is 5.82 Å². The Balaban J connectivity index is 1.33. The SMILES string of the molecule is C=C(CCn1cnc(-c2ccc(F)cc2)c1)NC(=O)CO[C@H]1C[C@@H](OC(F)(F)F)C1. The Bertz CT molecular complexity index is 874. The van der Waals surface area contributed by atoms with E-state index in [1.54, 1.807) is 18.5 Å². The number of aryl methyl sites for hydroxylation is 1. The van der Waals surface area contributed by atoms with Crippen LogP contribution in [0.4, 0.5) is 17.6 Å². The second kappa shape index (κ2) is 9.40. The lowest BCUT2D eigenvalue weighted by molar-refractivity contribution is -0.357. The van der Waals surface area contributed by atoms with E-state index in [0.717, 1.165) is 5.56 Å². The van der Waals surface area contributed by atoms with Crippen molar-refractivity contribution in [3.8, 4) is 11.3 Å². The molecule has 0 saturated heterocycles. The van der Waals surface area contributed by atoms with Gasteiger partial charge in [0.2, 0.25) is 5.91 Å². The maximum Gasteiger partial charge on any atom is 0.522 e. The van der Waals surface area contributed by atoms with Gasteiger partial charge in [0.15, 0.2) is 0 Å². The maximum absolute atomic E-state index is 13.0. The summed E-state index contributed by atoms with van der Waals surface area (Å²) in [5.74, 6) is -0.737. The largest absolute Gasteiger partial charge is 0.522 e. The van der Waals surface area contributed by atoms with E-state index < -0.39 is 24.5 Å². The predicted octanol–water partition coefficient (Wildman–Crippen LogP) is 3.79. The van der Waals surface area contributed by atoms with Crippen LogP contribution in [0.15, 0.2) is 49.1 Å². The number of carbonyl (C=O) groups is 1. The van der Waals surface area contributed by atoms with Crippen LogP contribution < -0.4 is 5.32 Å². The predicted molar refractivity (Wildman–Crippen MR) is 99.4 cm³/mol. The molecule has 0 atom stereocenters. The Morgan fingerprint density at radius 1 is 1.23 bits per heavy atom. The molecule has 1 aromatic carbocycles. The average Bonchev–Trinajstić information content (AvgIpc) is 3.10. The zero-order valence-corrected chi connectivity index (χ0v) is 16.0. The van der Waals surface area contributed by atoms with Gasteiger partial charge in [-0.3, -0.25) is 9.53 Å². The molecule has 162 valence electrons. The molecule has 6 nitrogen and oxygen atoms in total. The lowest BCUT2D eigenvalue weighted by Crippen LogP contribution is -2.42. The fraction of sp³-hybridized carbons (Fsp3) is 0.400. The summed E-state index contributed by atoms with van der Waals surface area (Å²) in [6.07, 6.45) is -1.89. The van der Waals surface area contributed by atoms with Gasteiger partial charge in [-0.2, -0.15) is 0 Å². The number of hydrogen-bond donors (Lipinski definition) is 1. The monoisotopic (exact) mass is 427 g/mol. The minimum Gasteiger partial charge on any atom is -0.368 e. The van der Waals surface area contributed by atoms with Crippen molar-refractivity contribution in [1.82, 2.24) is 14.9 Å². The lowest BCUT2D eigenvalue weighted by atomic mass is 9.92. The number of benzene rings is 1. The summed E-state index contributed by atoms with van der Waals surface area (Å²) < 4.78 is 60.1. The summed E-state index contributed by atoms with van der Waals surface area (Å²) in [7, 11) is 0. The van der Waals surface area contributed by atoms with Gasteiger partial charge in [-0.25, -0.2) is 9.37 Å². The number of carbonyl (C=O) groups excluding carboxylic acids is 1. The van der Waals surface area contributed by atoms with E-state index in [1.807, 2.05) is 10.8 Å². The number of rotatable bonds is 9. The van der Waals surface area contributed by atoms with Crippen molar-refractivity contribution in [3.63, 3.8) is 0 Å². The first kappa shape index (κ1) is 22.0. The van der Waals surface area contributed by atoms with Crippen LogP contribution in [0.2, 0.25) is 0 Å². The van der Waals surface area contributed by atoms with Crippen LogP contribution in [0.25, 0.3) is 11.3 Å². The molecule has 0 radical (unpaired) electrons. The Morgan fingerprint density at radius 2 is 1.93 bits per heavy atom. The maximum atomic E-state index is 13.0. The molecule has 10 heteroatoms. The van der Waals surface area contributed by atoms with Gasteiger partial charge in [-0.15, -0.1) is 13.2 Å². The van der Waals surface area contributed by atoms with Gasteiger partial charge in [-0.1, -0.05) is 6.58 Å². The Labute approximate surface area is 170 Å². The fourth-order valence-electron chi connectivity index (χ4n) is 2.94. The molecule has 0 unspecified atom stereocenters. The molecule has 30 heavy (non-hydrogen) atoms. The molecule has 0 spiro atoms. The molecule has 1 heterocycles. The topological polar surface area (TPSA) is 65.4 Å². The first-order valence-electron chi connectivity index (χ1n) is 9.29. The van der Waals surface area contributed by atoms with Crippen LogP contribution in [0.3, 0.4) is 0 Å². The number of nitrogens with one attached hydrogen (secondary N) is 1. The minimum atomic E-state index is -4.65. The number of nitrogens with zero attached hydrogens (tertiary/aromatic N) is 2. The summed E-state index contributed by atoms with van der Waals surface area (Å²) in [6, 6.07) is 6.00. The minimum absolute atomic E-state index is 0.102. The third-order valence-electron chi connectivity index (χ3n) is 4.56. The molecule has 2 aromatic rings. The molecule has 1 aliphatic rings. The Morgan fingerprint density at radius 3 is 2.60 bits per heavy atom. The third kappa shape index (κ3) is 6.67. The van der Waals surface area contributed by atoms with Gasteiger partial charge < -0.3 is 14.6 Å². The Kier molecular flexibility index (Phi) is 6.88. The van der Waals surface area contributed by atoms with Crippen LogP contribution in [-0.2, 0) is 20.8 Å². The highest BCUT2D eigenvalue weighted by molar-refractivity contribution is 5.78. The van der Waals surface area contributed by atoms with Crippen molar-refractivity contribution < 1.29 is 31.8 Å². The van der Waals surface area contributed by atoms with Gasteiger partial charge >= 0.3 is 6.36 Å². The zero-order chi connectivity index (χ0) is 21.7. The molecule has 1 fully saturated rings. The number of halogens is 4. The number of amides is 1. The van der Waals surface area contributed by atoms with Gasteiger partial charge in [0, 0.05) is 43.3 Å². The quantitative estimate of drug-likeness (QED) is 0.619. The smallest absolute Gasteiger partial charge is 0.368 e. The molecule has 0 aliphatic heterocycles. The van der Waals surface area contributed by atoms with Crippen molar-refractivity contribution in [2.75, 3.05) is 6.61 Å². The molecule has 1 aliphatic carbocycles. The molecule has 1 amide bonds. The van der Waals surface area contributed by atoms with E-state index in [1.165, 1.54) is 12.1 Å². The number of aromatic nitrogens is 2. The fourth-order valence-corrected chi connectivity index (χ4v) is 2.94. The van der Waals surface area contributed by atoms with E-state index in [4.69, 9.17) is 4.74 Å². The third-order valence-corrected chi connectivity index (χ3v) is 4.56. The molecule has 1 aromatic heterocycles. The van der Waals surface area contributed by atoms with Gasteiger partial charge in [-0.05, 0) is 24.3 Å².